The van der Waals surface area contributed by atoms with Gasteiger partial charge >= 0.3 is 7.60 Å². The summed E-state index contributed by atoms with van der Waals surface area (Å²) in [5.74, 6) is 0. The molecular formula is C8H10NO5P. The predicted octanol–water partition coefficient (Wildman–Crippen LogP) is 1.31. The van der Waals surface area contributed by atoms with Gasteiger partial charge in [-0.05, 0) is 12.0 Å². The van der Waals surface area contributed by atoms with Gasteiger partial charge < -0.3 is 9.79 Å². The van der Waals surface area contributed by atoms with Crippen LogP contribution in [0.1, 0.15) is 5.56 Å². The summed E-state index contributed by atoms with van der Waals surface area (Å²) in [7, 11) is -4.00. The van der Waals surface area contributed by atoms with Crippen molar-refractivity contribution < 1.29 is 19.3 Å². The smallest absolute Gasteiger partial charge is 0.324 e. The van der Waals surface area contributed by atoms with Gasteiger partial charge in [0.2, 0.25) is 0 Å². The molecule has 0 bridgehead atoms. The molecule has 0 heterocycles. The molecule has 2 N–H and O–H groups in total. The summed E-state index contributed by atoms with van der Waals surface area (Å²) in [4.78, 5) is 27.0. The standard InChI is InChI=1S/C8H10NO5P/c10-9(11)8-3-1-7(2-4-8)5-6-15(12,13)14/h1-4H,5-6H2,(H2,12,13,14). The minimum Gasteiger partial charge on any atom is -0.324 e. The van der Waals surface area contributed by atoms with Gasteiger partial charge in [-0.25, -0.2) is 0 Å². The van der Waals surface area contributed by atoms with E-state index in [0.717, 1.165) is 0 Å². The van der Waals surface area contributed by atoms with Crippen LogP contribution in [0, 0.1) is 10.1 Å². The van der Waals surface area contributed by atoms with Crippen LogP contribution in [0.4, 0.5) is 5.69 Å². The fourth-order valence-corrected chi connectivity index (χ4v) is 1.61. The molecule has 0 saturated heterocycles. The Bertz CT molecular complexity index is 396. The van der Waals surface area contributed by atoms with Crippen molar-refractivity contribution in [3.8, 4) is 0 Å². The fraction of sp³-hybridized carbons (Fsp3) is 0.250. The Balaban J connectivity index is 2.65. The molecule has 0 unspecified atom stereocenters. The van der Waals surface area contributed by atoms with Crippen LogP contribution in [-0.4, -0.2) is 20.9 Å². The molecule has 0 aliphatic rings. The lowest BCUT2D eigenvalue weighted by atomic mass is 10.1. The van der Waals surface area contributed by atoms with Crippen molar-refractivity contribution in [3.05, 3.63) is 39.9 Å². The molecule has 82 valence electrons. The van der Waals surface area contributed by atoms with E-state index in [9.17, 15) is 14.7 Å². The maximum Gasteiger partial charge on any atom is 0.325 e. The van der Waals surface area contributed by atoms with E-state index >= 15 is 0 Å². The third kappa shape index (κ3) is 4.20. The van der Waals surface area contributed by atoms with Gasteiger partial charge in [0, 0.05) is 12.1 Å². The third-order valence-electron chi connectivity index (χ3n) is 1.84. The Labute approximate surface area is 85.9 Å². The third-order valence-corrected chi connectivity index (χ3v) is 2.65. The second kappa shape index (κ2) is 4.53. The number of non-ortho nitro benzene ring substituents is 1. The number of hydrogen-bond acceptors (Lipinski definition) is 3. The van der Waals surface area contributed by atoms with Gasteiger partial charge in [0.1, 0.15) is 0 Å². The zero-order chi connectivity index (χ0) is 11.5. The Morgan fingerprint density at radius 1 is 1.27 bits per heavy atom. The molecule has 0 spiro atoms. The summed E-state index contributed by atoms with van der Waals surface area (Å²) in [5.41, 5.74) is 0.638. The van der Waals surface area contributed by atoms with Gasteiger partial charge in [0.15, 0.2) is 0 Å². The van der Waals surface area contributed by atoms with Crippen LogP contribution in [0.25, 0.3) is 0 Å². The number of nitrogens with zero attached hydrogens (tertiary/aromatic N) is 1. The van der Waals surface area contributed by atoms with Crippen LogP contribution < -0.4 is 0 Å². The van der Waals surface area contributed by atoms with Gasteiger partial charge in [-0.15, -0.1) is 0 Å². The molecule has 1 aromatic rings. The highest BCUT2D eigenvalue weighted by molar-refractivity contribution is 7.51. The average Bonchev–Trinajstić information content (AvgIpc) is 2.14. The lowest BCUT2D eigenvalue weighted by Gasteiger charge is -2.03. The number of nitro benzene ring substituents is 1. The van der Waals surface area contributed by atoms with Gasteiger partial charge in [0.25, 0.3) is 5.69 Å². The summed E-state index contributed by atoms with van der Waals surface area (Å²) >= 11 is 0. The largest absolute Gasteiger partial charge is 0.325 e. The van der Waals surface area contributed by atoms with Crippen molar-refractivity contribution in [3.63, 3.8) is 0 Å². The molecule has 0 fully saturated rings. The van der Waals surface area contributed by atoms with Crippen LogP contribution in [0.3, 0.4) is 0 Å². The zero-order valence-corrected chi connectivity index (χ0v) is 8.63. The van der Waals surface area contributed by atoms with Crippen LogP contribution in [0.5, 0.6) is 0 Å². The Morgan fingerprint density at radius 2 is 1.80 bits per heavy atom. The number of nitro groups is 1. The van der Waals surface area contributed by atoms with E-state index in [1.807, 2.05) is 0 Å². The summed E-state index contributed by atoms with van der Waals surface area (Å²) in [5, 5.41) is 10.3. The molecule has 7 heteroatoms. The molecule has 1 aromatic carbocycles. The molecule has 6 nitrogen and oxygen atoms in total. The summed E-state index contributed by atoms with van der Waals surface area (Å²) < 4.78 is 10.6. The second-order valence-electron chi connectivity index (χ2n) is 3.06. The number of hydrogen-bond donors (Lipinski definition) is 2. The second-order valence-corrected chi connectivity index (χ2v) is 4.84. The lowest BCUT2D eigenvalue weighted by Crippen LogP contribution is -1.94. The van der Waals surface area contributed by atoms with Crippen molar-refractivity contribution >= 4 is 13.3 Å². The molecule has 0 radical (unpaired) electrons. The molecule has 0 aliphatic carbocycles. The Hall–Kier alpha value is -1.23. The summed E-state index contributed by atoms with van der Waals surface area (Å²) in [6.45, 7) is 0. The molecular weight excluding hydrogens is 221 g/mol. The maximum absolute atomic E-state index is 10.6. The Kier molecular flexibility index (Phi) is 3.57. The van der Waals surface area contributed by atoms with Crippen LogP contribution >= 0.6 is 7.60 Å². The molecule has 0 saturated carbocycles. The minimum absolute atomic E-state index is 0.0325. The summed E-state index contributed by atoms with van der Waals surface area (Å²) in [6.07, 6.45) is -0.0346. The number of benzene rings is 1. The van der Waals surface area contributed by atoms with Gasteiger partial charge in [-0.2, -0.15) is 0 Å². The van der Waals surface area contributed by atoms with Gasteiger partial charge in [0.05, 0.1) is 11.1 Å². The van der Waals surface area contributed by atoms with Crippen LogP contribution in [-0.2, 0) is 11.0 Å². The van der Waals surface area contributed by atoms with Crippen molar-refractivity contribution in [1.82, 2.24) is 0 Å². The van der Waals surface area contributed by atoms with E-state index in [-0.39, 0.29) is 18.3 Å². The van der Waals surface area contributed by atoms with Crippen molar-refractivity contribution in [2.75, 3.05) is 6.16 Å². The highest BCUT2D eigenvalue weighted by atomic mass is 31.2. The number of aryl methyl sites for hydroxylation is 1. The topological polar surface area (TPSA) is 101 Å². The van der Waals surface area contributed by atoms with E-state index in [2.05, 4.69) is 0 Å². The SMILES string of the molecule is O=[N+]([O-])c1ccc(CCP(=O)(O)O)cc1. The van der Waals surface area contributed by atoms with E-state index in [0.29, 0.717) is 5.56 Å². The van der Waals surface area contributed by atoms with E-state index in [4.69, 9.17) is 9.79 Å². The highest BCUT2D eigenvalue weighted by Crippen LogP contribution is 2.34. The normalized spacial score (nSPS) is 11.3. The van der Waals surface area contributed by atoms with Crippen LogP contribution in [0.15, 0.2) is 24.3 Å². The Morgan fingerprint density at radius 3 is 2.20 bits per heavy atom. The van der Waals surface area contributed by atoms with Crippen molar-refractivity contribution in [1.29, 1.82) is 0 Å². The maximum atomic E-state index is 10.6. The van der Waals surface area contributed by atoms with Gasteiger partial charge in [-0.1, -0.05) is 12.1 Å². The first-order valence-corrected chi connectivity index (χ1v) is 5.96. The van der Waals surface area contributed by atoms with E-state index in [1.54, 1.807) is 0 Å². The monoisotopic (exact) mass is 231 g/mol. The van der Waals surface area contributed by atoms with E-state index < -0.39 is 12.5 Å². The van der Waals surface area contributed by atoms with E-state index in [1.165, 1.54) is 24.3 Å². The summed E-state index contributed by atoms with van der Waals surface area (Å²) in [6, 6.07) is 5.62. The lowest BCUT2D eigenvalue weighted by molar-refractivity contribution is -0.384. The van der Waals surface area contributed by atoms with Gasteiger partial charge in [-0.3, -0.25) is 14.7 Å². The first-order chi connectivity index (χ1) is 6.88. The first-order valence-electron chi connectivity index (χ1n) is 4.16. The minimum atomic E-state index is -4.00. The molecule has 0 aromatic heterocycles. The molecule has 15 heavy (non-hydrogen) atoms. The average molecular weight is 231 g/mol. The molecule has 1 rings (SSSR count). The predicted molar refractivity (Wildman–Crippen MR) is 53.7 cm³/mol. The number of rotatable bonds is 4. The van der Waals surface area contributed by atoms with Crippen molar-refractivity contribution in [2.24, 2.45) is 0 Å². The van der Waals surface area contributed by atoms with Crippen molar-refractivity contribution in [2.45, 2.75) is 6.42 Å². The molecule has 0 atom stereocenters. The van der Waals surface area contributed by atoms with Crippen LogP contribution in [0.2, 0.25) is 0 Å². The quantitative estimate of drug-likeness (QED) is 0.462. The molecule has 0 amide bonds. The zero-order valence-electron chi connectivity index (χ0n) is 7.74. The molecule has 0 aliphatic heterocycles. The highest BCUT2D eigenvalue weighted by Gasteiger charge is 2.12. The first kappa shape index (κ1) is 11.8. The fourth-order valence-electron chi connectivity index (χ4n) is 1.06.